The molecule has 0 amide bonds. The summed E-state index contributed by atoms with van der Waals surface area (Å²) >= 11 is 1.54. The quantitative estimate of drug-likeness (QED) is 0.721. The van der Waals surface area contributed by atoms with Gasteiger partial charge in [-0.2, -0.15) is 9.61 Å². The predicted molar refractivity (Wildman–Crippen MR) is 82.7 cm³/mol. The molecule has 0 saturated carbocycles. The van der Waals surface area contributed by atoms with E-state index < -0.39 is 0 Å². The van der Waals surface area contributed by atoms with Gasteiger partial charge in [0.25, 0.3) is 0 Å². The van der Waals surface area contributed by atoms with E-state index in [1.165, 1.54) is 0 Å². The van der Waals surface area contributed by atoms with E-state index in [0.29, 0.717) is 0 Å². The van der Waals surface area contributed by atoms with Crippen LogP contribution in [0.5, 0.6) is 0 Å². The van der Waals surface area contributed by atoms with E-state index in [0.717, 1.165) is 21.4 Å². The lowest BCUT2D eigenvalue weighted by molar-refractivity contribution is 0.527. The lowest BCUT2D eigenvalue weighted by atomic mass is 9.96. The van der Waals surface area contributed by atoms with Crippen LogP contribution in [-0.2, 0) is 5.41 Å². The molecule has 1 aromatic carbocycles. The summed E-state index contributed by atoms with van der Waals surface area (Å²) in [6.45, 7) is 6.34. The second-order valence-electron chi connectivity index (χ2n) is 5.65. The van der Waals surface area contributed by atoms with Crippen LogP contribution in [0.4, 0.5) is 0 Å². The summed E-state index contributed by atoms with van der Waals surface area (Å²) in [7, 11) is 0. The molecule has 0 N–H and O–H groups in total. The van der Waals surface area contributed by atoms with Crippen LogP contribution in [0.2, 0.25) is 0 Å². The van der Waals surface area contributed by atoms with E-state index in [9.17, 15) is 0 Å². The lowest BCUT2D eigenvalue weighted by Gasteiger charge is -2.13. The topological polar surface area (TPSA) is 43.1 Å². The van der Waals surface area contributed by atoms with Gasteiger partial charge in [-0.25, -0.2) is 0 Å². The first kappa shape index (κ1) is 13.0. The minimum absolute atomic E-state index is 0.0616. The van der Waals surface area contributed by atoms with Gasteiger partial charge in [-0.3, -0.25) is 0 Å². The highest BCUT2D eigenvalue weighted by Crippen LogP contribution is 2.24. The molecule has 0 unspecified atom stereocenters. The van der Waals surface area contributed by atoms with Crippen molar-refractivity contribution in [1.82, 2.24) is 19.8 Å². The first-order valence-corrected chi connectivity index (χ1v) is 7.31. The van der Waals surface area contributed by atoms with Gasteiger partial charge >= 0.3 is 0 Å². The number of rotatable bonds is 2. The van der Waals surface area contributed by atoms with Crippen molar-refractivity contribution in [3.63, 3.8) is 0 Å². The molecule has 102 valence electrons. The lowest BCUT2D eigenvalue weighted by Crippen LogP contribution is -2.16. The number of benzene rings is 1. The maximum atomic E-state index is 4.58. The van der Waals surface area contributed by atoms with Crippen LogP contribution in [-0.4, -0.2) is 19.8 Å². The summed E-state index contributed by atoms with van der Waals surface area (Å²) < 4.78 is 1.84. The molecule has 4 nitrogen and oxygen atoms in total. The monoisotopic (exact) mass is 284 g/mol. The molecule has 20 heavy (non-hydrogen) atoms. The van der Waals surface area contributed by atoms with Crippen LogP contribution in [0.1, 0.15) is 37.2 Å². The van der Waals surface area contributed by atoms with Crippen LogP contribution >= 0.6 is 11.3 Å². The van der Waals surface area contributed by atoms with Gasteiger partial charge < -0.3 is 0 Å². The zero-order valence-electron chi connectivity index (χ0n) is 11.7. The third-order valence-electron chi connectivity index (χ3n) is 2.90. The summed E-state index contributed by atoms with van der Waals surface area (Å²) in [6, 6.07) is 10.2. The number of aromatic nitrogens is 4. The van der Waals surface area contributed by atoms with Gasteiger partial charge in [-0.15, -0.1) is 10.2 Å². The molecule has 0 aliphatic heterocycles. The average Bonchev–Trinajstić information content (AvgIpc) is 2.95. The molecule has 3 aromatic rings. The van der Waals surface area contributed by atoms with E-state index in [-0.39, 0.29) is 5.41 Å². The second-order valence-corrected chi connectivity index (χ2v) is 6.64. The van der Waals surface area contributed by atoms with E-state index >= 15 is 0 Å². The van der Waals surface area contributed by atoms with Crippen LogP contribution < -0.4 is 0 Å². The molecular weight excluding hydrogens is 268 g/mol. The fourth-order valence-electron chi connectivity index (χ4n) is 1.90. The third-order valence-corrected chi connectivity index (χ3v) is 3.76. The van der Waals surface area contributed by atoms with Crippen molar-refractivity contribution < 1.29 is 0 Å². The van der Waals surface area contributed by atoms with Crippen molar-refractivity contribution in [3.05, 3.63) is 46.7 Å². The molecule has 0 fully saturated rings. The summed E-state index contributed by atoms with van der Waals surface area (Å²) in [6.07, 6.45) is 4.07. The Hall–Kier alpha value is -2.01. The number of hydrogen-bond acceptors (Lipinski definition) is 4. The molecule has 0 saturated heterocycles. The summed E-state index contributed by atoms with van der Waals surface area (Å²) in [5.74, 6) is 0.892. The minimum atomic E-state index is -0.0616. The van der Waals surface area contributed by atoms with Gasteiger partial charge in [-0.1, -0.05) is 68.5 Å². The highest BCUT2D eigenvalue weighted by atomic mass is 32.1. The number of hydrogen-bond donors (Lipinski definition) is 0. The van der Waals surface area contributed by atoms with Crippen LogP contribution in [0.25, 0.3) is 17.1 Å². The molecule has 0 aliphatic carbocycles. The SMILES string of the molecule is CC(C)(C)c1nnc2sc(/C=C/c3ccccc3)nn12. The van der Waals surface area contributed by atoms with E-state index in [1.807, 2.05) is 28.8 Å². The Bertz CT molecular complexity index is 747. The Morgan fingerprint density at radius 1 is 1.05 bits per heavy atom. The summed E-state index contributed by atoms with van der Waals surface area (Å²) in [5, 5.41) is 13.9. The van der Waals surface area contributed by atoms with E-state index in [1.54, 1.807) is 11.3 Å². The highest BCUT2D eigenvalue weighted by molar-refractivity contribution is 7.17. The Kier molecular flexibility index (Phi) is 3.14. The van der Waals surface area contributed by atoms with Crippen molar-refractivity contribution in [3.8, 4) is 0 Å². The van der Waals surface area contributed by atoms with Gasteiger partial charge in [0.15, 0.2) is 5.82 Å². The highest BCUT2D eigenvalue weighted by Gasteiger charge is 2.22. The van der Waals surface area contributed by atoms with Crippen LogP contribution in [0.3, 0.4) is 0 Å². The van der Waals surface area contributed by atoms with E-state index in [2.05, 4.69) is 54.3 Å². The second kappa shape index (κ2) is 4.83. The molecule has 0 radical (unpaired) electrons. The largest absolute Gasteiger partial charge is 0.234 e. The molecule has 2 heterocycles. The zero-order chi connectivity index (χ0) is 14.2. The van der Waals surface area contributed by atoms with Crippen molar-refractivity contribution >= 4 is 28.4 Å². The van der Waals surface area contributed by atoms with Gasteiger partial charge in [0.05, 0.1) is 0 Å². The number of nitrogens with zero attached hydrogens (tertiary/aromatic N) is 4. The van der Waals surface area contributed by atoms with Gasteiger partial charge in [-0.05, 0) is 11.6 Å². The molecule has 3 rings (SSSR count). The van der Waals surface area contributed by atoms with Crippen molar-refractivity contribution in [1.29, 1.82) is 0 Å². The van der Waals surface area contributed by atoms with Gasteiger partial charge in [0.2, 0.25) is 4.96 Å². The zero-order valence-corrected chi connectivity index (χ0v) is 12.6. The molecule has 0 atom stereocenters. The maximum absolute atomic E-state index is 4.58. The molecular formula is C15H16N4S. The van der Waals surface area contributed by atoms with Crippen molar-refractivity contribution in [2.24, 2.45) is 0 Å². The average molecular weight is 284 g/mol. The predicted octanol–water partition coefficient (Wildman–Crippen LogP) is 3.65. The third kappa shape index (κ3) is 2.49. The normalized spacial score (nSPS) is 12.6. The van der Waals surface area contributed by atoms with Gasteiger partial charge in [0.1, 0.15) is 5.01 Å². The molecule has 0 bridgehead atoms. The Balaban J connectivity index is 1.94. The van der Waals surface area contributed by atoms with Crippen molar-refractivity contribution in [2.45, 2.75) is 26.2 Å². The molecule has 5 heteroatoms. The Morgan fingerprint density at radius 3 is 2.50 bits per heavy atom. The van der Waals surface area contributed by atoms with Crippen LogP contribution in [0, 0.1) is 0 Å². The standard InChI is InChI=1S/C15H16N4S/c1-15(2,3)13-16-17-14-19(13)18-12(20-14)10-9-11-7-5-4-6-8-11/h4-10H,1-3H3/b10-9+. The van der Waals surface area contributed by atoms with E-state index in [4.69, 9.17) is 0 Å². The minimum Gasteiger partial charge on any atom is -0.186 e. The molecule has 0 spiro atoms. The fraction of sp³-hybridized carbons (Fsp3) is 0.267. The smallest absolute Gasteiger partial charge is 0.186 e. The fourth-order valence-corrected chi connectivity index (χ4v) is 2.64. The Morgan fingerprint density at radius 2 is 1.80 bits per heavy atom. The molecule has 0 aliphatic rings. The first-order chi connectivity index (χ1) is 9.54. The first-order valence-electron chi connectivity index (χ1n) is 6.50. The summed E-state index contributed by atoms with van der Waals surface area (Å²) in [5.41, 5.74) is 1.10. The molecule has 2 aromatic heterocycles. The summed E-state index contributed by atoms with van der Waals surface area (Å²) in [4.78, 5) is 0.836. The Labute approximate surface area is 121 Å². The number of fused-ring (bicyclic) bond motifs is 1. The van der Waals surface area contributed by atoms with Crippen molar-refractivity contribution in [2.75, 3.05) is 0 Å². The maximum Gasteiger partial charge on any atom is 0.234 e. The van der Waals surface area contributed by atoms with Gasteiger partial charge in [0, 0.05) is 5.41 Å². The van der Waals surface area contributed by atoms with Crippen LogP contribution in [0.15, 0.2) is 30.3 Å².